The van der Waals surface area contributed by atoms with Gasteiger partial charge in [0.25, 0.3) is 0 Å². The quantitative estimate of drug-likeness (QED) is 0.697. The Bertz CT molecular complexity index is 272. The molecule has 0 saturated carbocycles. The fraction of sp³-hybridized carbons (Fsp3) is 0.455. The minimum Gasteiger partial charge on any atom is -0.376 e. The van der Waals surface area contributed by atoms with E-state index >= 15 is 0 Å². The smallest absolute Gasteiger partial charge is 0.376 e. The van der Waals surface area contributed by atoms with E-state index in [1.54, 1.807) is 0 Å². The molecule has 0 fully saturated rings. The summed E-state index contributed by atoms with van der Waals surface area (Å²) in [6.45, 7) is 0. The maximum Gasteiger partial charge on any atom is 0.528 e. The van der Waals surface area contributed by atoms with Gasteiger partial charge in [-0.15, -0.1) is 0 Å². The van der Waals surface area contributed by atoms with Crippen molar-refractivity contribution in [3.05, 3.63) is 35.9 Å². The van der Waals surface area contributed by atoms with E-state index in [2.05, 4.69) is 12.1 Å². The molecule has 3 nitrogen and oxygen atoms in total. The van der Waals surface area contributed by atoms with Gasteiger partial charge in [-0.1, -0.05) is 30.3 Å². The van der Waals surface area contributed by atoms with Gasteiger partial charge in [0.05, 0.1) is 0 Å². The van der Waals surface area contributed by atoms with Gasteiger partial charge < -0.3 is 8.85 Å². The Kier molecular flexibility index (Phi) is 4.97. The second-order valence-electron chi connectivity index (χ2n) is 3.43. The third kappa shape index (κ3) is 4.13. The Balaban J connectivity index is 2.33. The number of rotatable bonds is 6. The third-order valence-corrected chi connectivity index (χ3v) is 4.62. The maximum absolute atomic E-state index is 11.7. The van der Waals surface area contributed by atoms with Gasteiger partial charge in [0.2, 0.25) is 0 Å². The van der Waals surface area contributed by atoms with Crippen LogP contribution in [0.15, 0.2) is 30.3 Å². The molecular weight excluding hydrogens is 208 g/mol. The van der Waals surface area contributed by atoms with Gasteiger partial charge >= 0.3 is 8.80 Å². The molecule has 1 rings (SSSR count). The lowest BCUT2D eigenvalue weighted by Crippen LogP contribution is -2.38. The van der Waals surface area contributed by atoms with E-state index in [4.69, 9.17) is 8.85 Å². The minimum absolute atomic E-state index is 0.495. The van der Waals surface area contributed by atoms with Crippen LogP contribution in [0.4, 0.5) is 0 Å². The van der Waals surface area contributed by atoms with E-state index < -0.39 is 8.80 Å². The van der Waals surface area contributed by atoms with Crippen molar-refractivity contribution in [3.63, 3.8) is 0 Å². The lowest BCUT2D eigenvalue weighted by molar-refractivity contribution is 0.118. The fourth-order valence-electron chi connectivity index (χ4n) is 1.44. The predicted octanol–water partition coefficient (Wildman–Crippen LogP) is 2.28. The van der Waals surface area contributed by atoms with E-state index in [1.165, 1.54) is 19.8 Å². The standard InChI is InChI=1S/C11H17O3Si/c1-13-15(12,14-2)10-6-9-11-7-4-3-5-8-11/h3-5,7-8H,6,9-10H2,1-2H3. The molecule has 83 valence electrons. The van der Waals surface area contributed by atoms with Crippen molar-refractivity contribution in [2.75, 3.05) is 14.2 Å². The minimum atomic E-state index is -3.10. The largest absolute Gasteiger partial charge is 0.528 e. The van der Waals surface area contributed by atoms with Gasteiger partial charge in [-0.3, -0.25) is 0 Å². The Morgan fingerprint density at radius 2 is 1.73 bits per heavy atom. The van der Waals surface area contributed by atoms with Gasteiger partial charge in [-0.05, 0) is 18.4 Å². The van der Waals surface area contributed by atoms with Crippen molar-refractivity contribution in [1.29, 1.82) is 0 Å². The Morgan fingerprint density at radius 1 is 1.13 bits per heavy atom. The van der Waals surface area contributed by atoms with Crippen molar-refractivity contribution in [1.82, 2.24) is 0 Å². The molecule has 0 saturated heterocycles. The van der Waals surface area contributed by atoms with E-state index in [-0.39, 0.29) is 0 Å². The first-order chi connectivity index (χ1) is 7.20. The van der Waals surface area contributed by atoms with Crippen LogP contribution in [-0.4, -0.2) is 23.0 Å². The van der Waals surface area contributed by atoms with Crippen molar-refractivity contribution >= 4 is 8.80 Å². The molecular formula is C11H17O3Si. The second-order valence-corrected chi connectivity index (χ2v) is 6.11. The van der Waals surface area contributed by atoms with Crippen LogP contribution in [0.1, 0.15) is 12.0 Å². The van der Waals surface area contributed by atoms with Gasteiger partial charge in [0, 0.05) is 20.3 Å². The summed E-state index contributed by atoms with van der Waals surface area (Å²) in [7, 11) is -0.230. The lowest BCUT2D eigenvalue weighted by atomic mass is 10.1. The second kappa shape index (κ2) is 6.02. The topological polar surface area (TPSA) is 38.4 Å². The third-order valence-electron chi connectivity index (χ3n) is 2.41. The molecule has 0 amide bonds. The van der Waals surface area contributed by atoms with Gasteiger partial charge in [-0.25, -0.2) is 4.80 Å². The summed E-state index contributed by atoms with van der Waals surface area (Å²) < 4.78 is 9.77. The number of aryl methyl sites for hydroxylation is 1. The van der Waals surface area contributed by atoms with Crippen LogP contribution >= 0.6 is 0 Å². The van der Waals surface area contributed by atoms with E-state index in [0.29, 0.717) is 6.04 Å². The van der Waals surface area contributed by atoms with Crippen molar-refractivity contribution in [3.8, 4) is 0 Å². The first kappa shape index (κ1) is 12.4. The molecule has 4 heteroatoms. The molecule has 0 aromatic heterocycles. The number of hydrogen-bond donors (Lipinski definition) is 0. The average molecular weight is 225 g/mol. The molecule has 15 heavy (non-hydrogen) atoms. The Labute approximate surface area is 92.0 Å². The molecule has 1 radical (unpaired) electrons. The summed E-state index contributed by atoms with van der Waals surface area (Å²) >= 11 is 0. The molecule has 1 aromatic carbocycles. The summed E-state index contributed by atoms with van der Waals surface area (Å²) in [5.74, 6) is 0. The molecule has 0 aliphatic carbocycles. The molecule has 0 aliphatic rings. The van der Waals surface area contributed by atoms with Crippen LogP contribution in [0.25, 0.3) is 0 Å². The normalized spacial score (nSPS) is 11.7. The molecule has 0 bridgehead atoms. The molecule has 1 aromatic rings. The highest BCUT2D eigenvalue weighted by Crippen LogP contribution is 2.14. The highest BCUT2D eigenvalue weighted by molar-refractivity contribution is 6.58. The molecule has 0 spiro atoms. The zero-order valence-electron chi connectivity index (χ0n) is 9.23. The highest BCUT2D eigenvalue weighted by Gasteiger charge is 2.35. The van der Waals surface area contributed by atoms with Crippen LogP contribution in [-0.2, 0) is 20.1 Å². The van der Waals surface area contributed by atoms with Crippen molar-refractivity contribution in [2.24, 2.45) is 0 Å². The molecule has 0 aliphatic heterocycles. The van der Waals surface area contributed by atoms with E-state index in [1.807, 2.05) is 18.2 Å². The monoisotopic (exact) mass is 225 g/mol. The summed E-state index contributed by atoms with van der Waals surface area (Å²) in [6.07, 6.45) is 1.73. The van der Waals surface area contributed by atoms with Crippen molar-refractivity contribution < 1.29 is 13.6 Å². The fourth-order valence-corrected chi connectivity index (χ4v) is 2.63. The maximum atomic E-state index is 11.7. The first-order valence-corrected chi connectivity index (χ1v) is 6.98. The van der Waals surface area contributed by atoms with E-state index in [9.17, 15) is 4.80 Å². The summed E-state index contributed by atoms with van der Waals surface area (Å²) in [5, 5.41) is 0. The molecule has 0 heterocycles. The van der Waals surface area contributed by atoms with Crippen LogP contribution in [0, 0.1) is 0 Å². The van der Waals surface area contributed by atoms with Crippen LogP contribution in [0.5, 0.6) is 0 Å². The predicted molar refractivity (Wildman–Crippen MR) is 60.0 cm³/mol. The SMILES string of the molecule is CO[Si]([O])(CCCc1ccccc1)OC. The van der Waals surface area contributed by atoms with Crippen LogP contribution in [0.2, 0.25) is 6.04 Å². The highest BCUT2D eigenvalue weighted by atomic mass is 28.4. The zero-order chi connectivity index (χ0) is 11.1. The zero-order valence-corrected chi connectivity index (χ0v) is 10.2. The van der Waals surface area contributed by atoms with Crippen molar-refractivity contribution in [2.45, 2.75) is 18.9 Å². The van der Waals surface area contributed by atoms with E-state index in [0.717, 1.165) is 12.8 Å². The number of benzene rings is 1. The molecule has 0 atom stereocenters. The molecule has 0 unspecified atom stereocenters. The Morgan fingerprint density at radius 3 is 2.27 bits per heavy atom. The Hall–Kier alpha value is -0.683. The first-order valence-electron chi connectivity index (χ1n) is 5.05. The molecule has 0 N–H and O–H groups in total. The summed E-state index contributed by atoms with van der Waals surface area (Å²) in [4.78, 5) is 11.7. The number of hydrogen-bond acceptors (Lipinski definition) is 2. The lowest BCUT2D eigenvalue weighted by Gasteiger charge is -2.17. The summed E-state index contributed by atoms with van der Waals surface area (Å²) in [6, 6.07) is 10.6. The van der Waals surface area contributed by atoms with Crippen LogP contribution in [0.3, 0.4) is 0 Å². The van der Waals surface area contributed by atoms with Crippen LogP contribution < -0.4 is 0 Å². The van der Waals surface area contributed by atoms with Gasteiger partial charge in [0.15, 0.2) is 0 Å². The summed E-state index contributed by atoms with van der Waals surface area (Å²) in [5.41, 5.74) is 1.25. The average Bonchev–Trinajstić information content (AvgIpc) is 2.30. The van der Waals surface area contributed by atoms with Gasteiger partial charge in [0.1, 0.15) is 0 Å². The van der Waals surface area contributed by atoms with Gasteiger partial charge in [-0.2, -0.15) is 0 Å².